The molecule has 1 atom stereocenters. The number of nitrogens with one attached hydrogen (secondary N) is 2. The molecular formula is C21H27ClN6O. The molecule has 2 aromatic carbocycles. The average Bonchev–Trinajstić information content (AvgIpc) is 3.23. The van der Waals surface area contributed by atoms with Crippen LogP contribution in [0.3, 0.4) is 0 Å². The van der Waals surface area contributed by atoms with Gasteiger partial charge < -0.3 is 15.0 Å². The van der Waals surface area contributed by atoms with Crippen molar-refractivity contribution >= 4 is 30.0 Å². The van der Waals surface area contributed by atoms with E-state index < -0.39 is 5.79 Å². The number of rotatable bonds is 3. The largest absolute Gasteiger partial charge is 0.497 e. The summed E-state index contributed by atoms with van der Waals surface area (Å²) in [5.74, 6) is 0.905. The number of ether oxygens (including phenoxy) is 1. The van der Waals surface area contributed by atoms with Gasteiger partial charge in [-0.15, -0.1) is 12.4 Å². The molecule has 0 aliphatic carbocycles. The maximum atomic E-state index is 6.73. The number of guanidine groups is 2. The first-order chi connectivity index (χ1) is 13.6. The van der Waals surface area contributed by atoms with E-state index >= 15 is 0 Å². The number of likely N-dealkylation sites (tertiary alicyclic amines) is 1. The minimum Gasteiger partial charge on any atom is -0.497 e. The molecule has 2 aliphatic heterocycles. The molecule has 0 amide bonds. The Morgan fingerprint density at radius 2 is 1.86 bits per heavy atom. The van der Waals surface area contributed by atoms with Gasteiger partial charge in [-0.1, -0.05) is 30.3 Å². The van der Waals surface area contributed by atoms with Crippen LogP contribution in [0, 0.1) is 6.92 Å². The SMILES string of the molecule is COc1cccc(NC2=NC(N)(c3ccccc3C)N=C(N3CCCC3)N2)c1.Cl. The zero-order valence-corrected chi connectivity index (χ0v) is 17.5. The molecule has 8 heteroatoms. The molecule has 29 heavy (non-hydrogen) atoms. The third kappa shape index (κ3) is 4.46. The predicted molar refractivity (Wildman–Crippen MR) is 120 cm³/mol. The minimum absolute atomic E-state index is 0. The maximum Gasteiger partial charge on any atom is 0.236 e. The minimum atomic E-state index is -1.18. The Morgan fingerprint density at radius 1 is 1.10 bits per heavy atom. The molecule has 1 fully saturated rings. The van der Waals surface area contributed by atoms with Crippen molar-refractivity contribution in [3.63, 3.8) is 0 Å². The molecular weight excluding hydrogens is 388 g/mol. The van der Waals surface area contributed by atoms with Crippen LogP contribution in [0.4, 0.5) is 5.69 Å². The fourth-order valence-corrected chi connectivity index (χ4v) is 3.60. The predicted octanol–water partition coefficient (Wildman–Crippen LogP) is 3.02. The third-order valence-corrected chi connectivity index (χ3v) is 5.07. The Kier molecular flexibility index (Phi) is 6.30. The first kappa shape index (κ1) is 21.0. The van der Waals surface area contributed by atoms with Crippen LogP contribution >= 0.6 is 12.4 Å². The van der Waals surface area contributed by atoms with Crippen molar-refractivity contribution in [2.45, 2.75) is 25.6 Å². The van der Waals surface area contributed by atoms with Crippen molar-refractivity contribution in [3.05, 3.63) is 59.7 Å². The van der Waals surface area contributed by atoms with Crippen molar-refractivity contribution in [1.82, 2.24) is 10.2 Å². The molecule has 0 aromatic heterocycles. The van der Waals surface area contributed by atoms with Crippen molar-refractivity contribution in [3.8, 4) is 5.75 Å². The highest BCUT2D eigenvalue weighted by Gasteiger charge is 2.34. The number of anilines is 1. The lowest BCUT2D eigenvalue weighted by Gasteiger charge is -2.33. The highest BCUT2D eigenvalue weighted by molar-refractivity contribution is 6.06. The lowest BCUT2D eigenvalue weighted by Crippen LogP contribution is -2.53. The van der Waals surface area contributed by atoms with Gasteiger partial charge in [0.05, 0.1) is 7.11 Å². The number of halogens is 1. The summed E-state index contributed by atoms with van der Waals surface area (Å²) in [4.78, 5) is 11.8. The number of hydrogen-bond donors (Lipinski definition) is 3. The summed E-state index contributed by atoms with van der Waals surface area (Å²) >= 11 is 0. The highest BCUT2D eigenvalue weighted by Crippen LogP contribution is 2.28. The zero-order valence-electron chi connectivity index (χ0n) is 16.7. The van der Waals surface area contributed by atoms with Gasteiger partial charge >= 0.3 is 0 Å². The monoisotopic (exact) mass is 414 g/mol. The van der Waals surface area contributed by atoms with Gasteiger partial charge in [-0.2, -0.15) is 0 Å². The molecule has 0 bridgehead atoms. The number of aliphatic imine (C=N–C) groups is 2. The number of hydrogen-bond acceptors (Lipinski definition) is 7. The van der Waals surface area contributed by atoms with E-state index in [0.29, 0.717) is 5.96 Å². The van der Waals surface area contributed by atoms with Crippen molar-refractivity contribution in [2.75, 3.05) is 25.5 Å². The molecule has 0 spiro atoms. The van der Waals surface area contributed by atoms with Crippen LogP contribution in [-0.2, 0) is 5.79 Å². The van der Waals surface area contributed by atoms with Crippen LogP contribution in [0.2, 0.25) is 0 Å². The van der Waals surface area contributed by atoms with Crippen LogP contribution in [0.25, 0.3) is 0 Å². The Morgan fingerprint density at radius 3 is 2.59 bits per heavy atom. The number of methoxy groups -OCH3 is 1. The average molecular weight is 415 g/mol. The summed E-state index contributed by atoms with van der Waals surface area (Å²) in [7, 11) is 1.65. The fourth-order valence-electron chi connectivity index (χ4n) is 3.60. The number of nitrogens with zero attached hydrogens (tertiary/aromatic N) is 3. The van der Waals surface area contributed by atoms with Crippen molar-refractivity contribution < 1.29 is 4.74 Å². The summed E-state index contributed by atoms with van der Waals surface area (Å²) in [6.07, 6.45) is 2.30. The molecule has 0 radical (unpaired) electrons. The van der Waals surface area contributed by atoms with Gasteiger partial charge in [-0.3, -0.25) is 11.1 Å². The van der Waals surface area contributed by atoms with Crippen LogP contribution in [-0.4, -0.2) is 37.0 Å². The normalized spacial score (nSPS) is 20.9. The van der Waals surface area contributed by atoms with E-state index in [1.807, 2.05) is 55.5 Å². The lowest BCUT2D eigenvalue weighted by molar-refractivity contribution is 0.415. The van der Waals surface area contributed by atoms with Gasteiger partial charge in [0.15, 0.2) is 0 Å². The van der Waals surface area contributed by atoms with Crippen LogP contribution < -0.4 is 21.1 Å². The summed E-state index contributed by atoms with van der Waals surface area (Å²) in [6, 6.07) is 15.7. The Labute approximate surface area is 177 Å². The molecule has 4 rings (SSSR count). The molecule has 7 nitrogen and oxygen atoms in total. The van der Waals surface area contributed by atoms with E-state index in [1.54, 1.807) is 7.11 Å². The molecule has 0 saturated carbocycles. The van der Waals surface area contributed by atoms with E-state index in [1.165, 1.54) is 0 Å². The number of nitrogens with two attached hydrogens (primary N) is 1. The molecule has 1 unspecified atom stereocenters. The zero-order chi connectivity index (χ0) is 19.6. The second-order valence-corrected chi connectivity index (χ2v) is 7.11. The van der Waals surface area contributed by atoms with Gasteiger partial charge in [0.2, 0.25) is 17.7 Å². The summed E-state index contributed by atoms with van der Waals surface area (Å²) < 4.78 is 5.32. The third-order valence-electron chi connectivity index (χ3n) is 5.07. The van der Waals surface area contributed by atoms with Gasteiger partial charge in [-0.25, -0.2) is 9.98 Å². The summed E-state index contributed by atoms with van der Waals surface area (Å²) in [6.45, 7) is 3.95. The Balaban J connectivity index is 0.00000240. The van der Waals surface area contributed by atoms with E-state index in [9.17, 15) is 0 Å². The second-order valence-electron chi connectivity index (χ2n) is 7.11. The summed E-state index contributed by atoms with van der Waals surface area (Å²) in [5.41, 5.74) is 9.54. The molecule has 4 N–H and O–H groups in total. The molecule has 2 aliphatic rings. The molecule has 2 heterocycles. The van der Waals surface area contributed by atoms with E-state index in [2.05, 4.69) is 15.5 Å². The standard InChI is InChI=1S/C21H26N6O.ClH/c1-15-8-3-4-11-18(15)21(22)25-19(23-16-9-7-10-17(14-16)28-2)24-20(26-21)27-12-5-6-13-27;/h3-4,7-11,14H,5-6,12-13,22H2,1-2H3,(H2,23,24,25,26);1H. The maximum absolute atomic E-state index is 6.73. The van der Waals surface area contributed by atoms with Gasteiger partial charge in [-0.05, 0) is 37.5 Å². The van der Waals surface area contributed by atoms with Gasteiger partial charge in [0, 0.05) is 30.4 Å². The smallest absolute Gasteiger partial charge is 0.236 e. The van der Waals surface area contributed by atoms with E-state index in [0.717, 1.165) is 54.5 Å². The van der Waals surface area contributed by atoms with E-state index in [-0.39, 0.29) is 12.4 Å². The highest BCUT2D eigenvalue weighted by atomic mass is 35.5. The molecule has 154 valence electrons. The quantitative estimate of drug-likeness (QED) is 0.718. The van der Waals surface area contributed by atoms with Gasteiger partial charge in [0.25, 0.3) is 0 Å². The lowest BCUT2D eigenvalue weighted by atomic mass is 10.0. The van der Waals surface area contributed by atoms with Crippen LogP contribution in [0.1, 0.15) is 24.0 Å². The van der Waals surface area contributed by atoms with E-state index in [4.69, 9.17) is 20.5 Å². The first-order valence-electron chi connectivity index (χ1n) is 9.55. The fraction of sp³-hybridized carbons (Fsp3) is 0.333. The van der Waals surface area contributed by atoms with Gasteiger partial charge in [0.1, 0.15) is 5.75 Å². The van der Waals surface area contributed by atoms with Crippen LogP contribution in [0.15, 0.2) is 58.5 Å². The van der Waals surface area contributed by atoms with Crippen molar-refractivity contribution in [1.29, 1.82) is 0 Å². The summed E-state index contributed by atoms with van der Waals surface area (Å²) in [5, 5.41) is 6.64. The number of aryl methyl sites for hydroxylation is 1. The number of benzene rings is 2. The second kappa shape index (κ2) is 8.71. The Bertz CT molecular complexity index is 925. The molecule has 1 saturated heterocycles. The topological polar surface area (TPSA) is 87.3 Å². The van der Waals surface area contributed by atoms with Crippen molar-refractivity contribution in [2.24, 2.45) is 15.7 Å². The first-order valence-corrected chi connectivity index (χ1v) is 9.55. The van der Waals surface area contributed by atoms with Crippen LogP contribution in [0.5, 0.6) is 5.75 Å². The Hall–Kier alpha value is -2.77. The molecule has 2 aromatic rings.